The van der Waals surface area contributed by atoms with E-state index in [1.54, 1.807) is 0 Å². The summed E-state index contributed by atoms with van der Waals surface area (Å²) >= 11 is 6.04. The number of carbonyl (C=O) groups is 1. The predicted octanol–water partition coefficient (Wildman–Crippen LogP) is 4.48. The average Bonchev–Trinajstić information content (AvgIpc) is 3.24. The van der Waals surface area contributed by atoms with Crippen LogP contribution in [0.15, 0.2) is 24.3 Å². The molecule has 122 valence electrons. The van der Waals surface area contributed by atoms with Crippen LogP contribution in [0.4, 0.5) is 5.69 Å². The second-order valence-electron chi connectivity index (χ2n) is 6.58. The Kier molecular flexibility index (Phi) is 4.19. The molecule has 5 heteroatoms. The molecule has 0 spiro atoms. The summed E-state index contributed by atoms with van der Waals surface area (Å²) in [5.41, 5.74) is 3.86. The number of nitrogens with one attached hydrogen (secondary N) is 1. The highest BCUT2D eigenvalue weighted by atomic mass is 35.5. The van der Waals surface area contributed by atoms with Crippen molar-refractivity contribution in [3.8, 4) is 0 Å². The van der Waals surface area contributed by atoms with Gasteiger partial charge in [0.2, 0.25) is 5.91 Å². The van der Waals surface area contributed by atoms with Gasteiger partial charge in [-0.15, -0.1) is 0 Å². The Hall–Kier alpha value is -1.81. The zero-order chi connectivity index (χ0) is 16.7. The molecule has 2 atom stereocenters. The first-order valence-electron chi connectivity index (χ1n) is 8.00. The first-order valence-corrected chi connectivity index (χ1v) is 8.38. The Bertz CT molecular complexity index is 751. The van der Waals surface area contributed by atoms with Crippen LogP contribution in [0.1, 0.15) is 49.2 Å². The van der Waals surface area contributed by atoms with Gasteiger partial charge in [-0.2, -0.15) is 5.10 Å². The Morgan fingerprint density at radius 3 is 2.74 bits per heavy atom. The SMILES string of the molecule is Cc1nn(C(C)C)c(C)c1NC(=O)[C@@H]1C[C@@H]1c1cccc(Cl)c1. The third kappa shape index (κ3) is 3.13. The molecular formula is C18H22ClN3O. The van der Waals surface area contributed by atoms with Gasteiger partial charge in [-0.1, -0.05) is 23.7 Å². The molecule has 1 aromatic carbocycles. The highest BCUT2D eigenvalue weighted by molar-refractivity contribution is 6.30. The number of aryl methyl sites for hydroxylation is 1. The number of hydrogen-bond donors (Lipinski definition) is 1. The molecule has 0 radical (unpaired) electrons. The molecule has 0 aliphatic heterocycles. The molecule has 1 aliphatic rings. The highest BCUT2D eigenvalue weighted by Gasteiger charge is 2.44. The van der Waals surface area contributed by atoms with E-state index in [0.29, 0.717) is 0 Å². The van der Waals surface area contributed by atoms with Gasteiger partial charge in [-0.05, 0) is 57.7 Å². The Labute approximate surface area is 141 Å². The van der Waals surface area contributed by atoms with Gasteiger partial charge >= 0.3 is 0 Å². The molecule has 23 heavy (non-hydrogen) atoms. The zero-order valence-electron chi connectivity index (χ0n) is 13.9. The van der Waals surface area contributed by atoms with E-state index >= 15 is 0 Å². The van der Waals surface area contributed by atoms with Crippen molar-refractivity contribution in [2.75, 3.05) is 5.32 Å². The number of amides is 1. The Morgan fingerprint density at radius 1 is 1.39 bits per heavy atom. The average molecular weight is 332 g/mol. The maximum absolute atomic E-state index is 12.5. The monoisotopic (exact) mass is 331 g/mol. The van der Waals surface area contributed by atoms with E-state index < -0.39 is 0 Å². The van der Waals surface area contributed by atoms with Crippen LogP contribution < -0.4 is 5.32 Å². The van der Waals surface area contributed by atoms with E-state index in [0.717, 1.165) is 34.1 Å². The zero-order valence-corrected chi connectivity index (χ0v) is 14.7. The van der Waals surface area contributed by atoms with Crippen LogP contribution in [0.5, 0.6) is 0 Å². The fourth-order valence-corrected chi connectivity index (χ4v) is 3.35. The van der Waals surface area contributed by atoms with Gasteiger partial charge in [-0.25, -0.2) is 0 Å². The number of aromatic nitrogens is 2. The number of rotatable bonds is 4. The fourth-order valence-electron chi connectivity index (χ4n) is 3.15. The molecule has 0 saturated heterocycles. The number of carbonyl (C=O) groups excluding carboxylic acids is 1. The molecule has 1 aromatic heterocycles. The van der Waals surface area contributed by atoms with Gasteiger partial charge in [0.1, 0.15) is 0 Å². The summed E-state index contributed by atoms with van der Waals surface area (Å²) in [5, 5.41) is 8.31. The van der Waals surface area contributed by atoms with E-state index in [1.165, 1.54) is 0 Å². The third-order valence-electron chi connectivity index (χ3n) is 4.47. The molecular weight excluding hydrogens is 310 g/mol. The Balaban J connectivity index is 1.72. The molecule has 1 saturated carbocycles. The molecule has 0 bridgehead atoms. The lowest BCUT2D eigenvalue weighted by molar-refractivity contribution is -0.117. The highest BCUT2D eigenvalue weighted by Crippen LogP contribution is 2.48. The molecule has 1 N–H and O–H groups in total. The summed E-state index contributed by atoms with van der Waals surface area (Å²) < 4.78 is 1.95. The third-order valence-corrected chi connectivity index (χ3v) is 4.70. The second kappa shape index (κ2) is 6.00. The van der Waals surface area contributed by atoms with Crippen molar-refractivity contribution in [1.82, 2.24) is 9.78 Å². The van der Waals surface area contributed by atoms with Gasteiger partial charge in [0.15, 0.2) is 0 Å². The standard InChI is InChI=1S/C18H22ClN3O/c1-10(2)22-12(4)17(11(3)21-22)20-18(23)16-9-15(16)13-6-5-7-14(19)8-13/h5-8,10,15-16H,9H2,1-4H3,(H,20,23)/t15-,16-/m1/s1. The van der Waals surface area contributed by atoms with Crippen LogP contribution in [-0.2, 0) is 4.79 Å². The number of benzene rings is 1. The van der Waals surface area contributed by atoms with Crippen molar-refractivity contribution in [2.45, 2.75) is 46.1 Å². The quantitative estimate of drug-likeness (QED) is 0.898. The number of hydrogen-bond acceptors (Lipinski definition) is 2. The molecule has 1 heterocycles. The minimum atomic E-state index is 0.0228. The first kappa shape index (κ1) is 16.1. The van der Waals surface area contributed by atoms with Gasteiger partial charge in [-0.3, -0.25) is 9.48 Å². The lowest BCUT2D eigenvalue weighted by Crippen LogP contribution is -2.16. The minimum absolute atomic E-state index is 0.0228. The largest absolute Gasteiger partial charge is 0.323 e. The summed E-state index contributed by atoms with van der Waals surface area (Å²) in [5.74, 6) is 0.369. The van der Waals surface area contributed by atoms with Gasteiger partial charge in [0, 0.05) is 17.0 Å². The first-order chi connectivity index (χ1) is 10.9. The lowest BCUT2D eigenvalue weighted by Gasteiger charge is -2.09. The second-order valence-corrected chi connectivity index (χ2v) is 7.01. The summed E-state index contributed by atoms with van der Waals surface area (Å²) in [6.45, 7) is 8.10. The topological polar surface area (TPSA) is 46.9 Å². The van der Waals surface area contributed by atoms with Crippen molar-refractivity contribution >= 4 is 23.2 Å². The van der Waals surface area contributed by atoms with Crippen molar-refractivity contribution in [1.29, 1.82) is 0 Å². The maximum Gasteiger partial charge on any atom is 0.228 e. The number of anilines is 1. The van der Waals surface area contributed by atoms with Crippen molar-refractivity contribution in [2.24, 2.45) is 5.92 Å². The molecule has 3 rings (SSSR count). The summed E-state index contributed by atoms with van der Waals surface area (Å²) in [4.78, 5) is 12.5. The lowest BCUT2D eigenvalue weighted by atomic mass is 10.1. The van der Waals surface area contributed by atoms with E-state index in [4.69, 9.17) is 11.6 Å². The van der Waals surface area contributed by atoms with Gasteiger partial charge < -0.3 is 5.32 Å². The molecule has 1 aliphatic carbocycles. The van der Waals surface area contributed by atoms with Crippen molar-refractivity contribution in [3.63, 3.8) is 0 Å². The minimum Gasteiger partial charge on any atom is -0.323 e. The van der Waals surface area contributed by atoms with Gasteiger partial charge in [0.25, 0.3) is 0 Å². The van der Waals surface area contributed by atoms with Crippen LogP contribution in [0, 0.1) is 19.8 Å². The summed E-state index contributed by atoms with van der Waals surface area (Å²) in [6, 6.07) is 8.06. The molecule has 2 aromatic rings. The number of nitrogens with zero attached hydrogens (tertiary/aromatic N) is 2. The summed E-state index contributed by atoms with van der Waals surface area (Å²) in [6.07, 6.45) is 0.878. The van der Waals surface area contributed by atoms with Crippen LogP contribution in [0.2, 0.25) is 5.02 Å². The van der Waals surface area contributed by atoms with Crippen LogP contribution >= 0.6 is 11.6 Å². The molecule has 0 unspecified atom stereocenters. The molecule has 4 nitrogen and oxygen atoms in total. The van der Waals surface area contributed by atoms with E-state index in [9.17, 15) is 4.79 Å². The molecule has 1 fully saturated rings. The Morgan fingerprint density at radius 2 is 2.13 bits per heavy atom. The maximum atomic E-state index is 12.5. The van der Waals surface area contributed by atoms with E-state index in [-0.39, 0.29) is 23.8 Å². The van der Waals surface area contributed by atoms with E-state index in [2.05, 4.69) is 24.3 Å². The normalized spacial score (nSPS) is 19.9. The van der Waals surface area contributed by atoms with Gasteiger partial charge in [0.05, 0.1) is 17.1 Å². The predicted molar refractivity (Wildman–Crippen MR) is 93.0 cm³/mol. The van der Waals surface area contributed by atoms with Crippen LogP contribution in [-0.4, -0.2) is 15.7 Å². The van der Waals surface area contributed by atoms with Crippen LogP contribution in [0.3, 0.4) is 0 Å². The fraction of sp³-hybridized carbons (Fsp3) is 0.444. The van der Waals surface area contributed by atoms with Crippen molar-refractivity contribution in [3.05, 3.63) is 46.2 Å². The van der Waals surface area contributed by atoms with Crippen LogP contribution in [0.25, 0.3) is 0 Å². The van der Waals surface area contributed by atoms with E-state index in [1.807, 2.05) is 42.8 Å². The van der Waals surface area contributed by atoms with Crippen molar-refractivity contribution < 1.29 is 4.79 Å². The summed E-state index contributed by atoms with van der Waals surface area (Å²) in [7, 11) is 0. The number of halogens is 1. The smallest absolute Gasteiger partial charge is 0.228 e. The molecule has 1 amide bonds.